The van der Waals surface area contributed by atoms with Gasteiger partial charge < -0.3 is 10.4 Å². The van der Waals surface area contributed by atoms with Gasteiger partial charge in [0, 0.05) is 5.41 Å². The van der Waals surface area contributed by atoms with Crippen molar-refractivity contribution in [3.05, 3.63) is 29.3 Å². The molecular weight excluding hydrogens is 238 g/mol. The Morgan fingerprint density at radius 1 is 1.47 bits per heavy atom. The number of hydrogen-bond donors (Lipinski definition) is 2. The van der Waals surface area contributed by atoms with Gasteiger partial charge in [0.15, 0.2) is 0 Å². The number of anilines is 1. The van der Waals surface area contributed by atoms with E-state index in [1.807, 2.05) is 19.1 Å². The first kappa shape index (κ1) is 12.2. The lowest BCUT2D eigenvalue weighted by atomic mass is 9.83. The smallest absolute Gasteiger partial charge is 0.329 e. The molecule has 2 rings (SSSR count). The third-order valence-electron chi connectivity index (χ3n) is 3.89. The fourth-order valence-electron chi connectivity index (χ4n) is 1.98. The summed E-state index contributed by atoms with van der Waals surface area (Å²) in [6.07, 6.45) is 1.85. The number of rotatable bonds is 4. The molecule has 3 nitrogen and oxygen atoms in total. The summed E-state index contributed by atoms with van der Waals surface area (Å²) in [5.41, 5.74) is -0.497. The van der Waals surface area contributed by atoms with Crippen LogP contribution < -0.4 is 5.32 Å². The van der Waals surface area contributed by atoms with Crippen molar-refractivity contribution in [2.75, 3.05) is 5.32 Å². The Morgan fingerprint density at radius 3 is 2.53 bits per heavy atom. The second-order valence-electron chi connectivity index (χ2n) is 5.10. The van der Waals surface area contributed by atoms with Crippen LogP contribution in [0.15, 0.2) is 24.3 Å². The molecule has 92 valence electrons. The summed E-state index contributed by atoms with van der Waals surface area (Å²) in [6.45, 7) is 3.72. The van der Waals surface area contributed by atoms with Crippen LogP contribution in [0.25, 0.3) is 0 Å². The Labute approximate surface area is 106 Å². The van der Waals surface area contributed by atoms with Gasteiger partial charge in [-0.2, -0.15) is 0 Å². The van der Waals surface area contributed by atoms with Crippen molar-refractivity contribution in [3.8, 4) is 0 Å². The molecule has 2 N–H and O–H groups in total. The number of hydrogen-bond acceptors (Lipinski definition) is 2. The van der Waals surface area contributed by atoms with Crippen LogP contribution in [0.1, 0.15) is 26.7 Å². The fraction of sp³-hybridized carbons (Fsp3) is 0.462. The number of carboxylic acids is 1. The van der Waals surface area contributed by atoms with E-state index in [-0.39, 0.29) is 5.41 Å². The Kier molecular flexibility index (Phi) is 2.82. The third kappa shape index (κ3) is 2.00. The summed E-state index contributed by atoms with van der Waals surface area (Å²) in [7, 11) is 0. The number of benzene rings is 1. The minimum Gasteiger partial charge on any atom is -0.479 e. The first-order valence-corrected chi connectivity index (χ1v) is 6.03. The van der Waals surface area contributed by atoms with Gasteiger partial charge in [-0.05, 0) is 31.9 Å². The van der Waals surface area contributed by atoms with Crippen LogP contribution in [0.2, 0.25) is 5.02 Å². The quantitative estimate of drug-likeness (QED) is 0.865. The Bertz CT molecular complexity index is 456. The highest BCUT2D eigenvalue weighted by Crippen LogP contribution is 2.55. The van der Waals surface area contributed by atoms with Gasteiger partial charge in [0.2, 0.25) is 0 Å². The van der Waals surface area contributed by atoms with Crippen molar-refractivity contribution in [3.63, 3.8) is 0 Å². The van der Waals surface area contributed by atoms with Crippen molar-refractivity contribution < 1.29 is 9.90 Å². The molecule has 1 unspecified atom stereocenters. The minimum absolute atomic E-state index is 0.196. The molecule has 1 fully saturated rings. The number of aliphatic carboxylic acids is 1. The number of carbonyl (C=O) groups is 1. The monoisotopic (exact) mass is 253 g/mol. The molecule has 1 aliphatic carbocycles. The van der Waals surface area contributed by atoms with Crippen LogP contribution in [0.3, 0.4) is 0 Å². The van der Waals surface area contributed by atoms with Crippen molar-refractivity contribution in [1.82, 2.24) is 0 Å². The average Bonchev–Trinajstić information content (AvgIpc) is 3.01. The molecule has 0 amide bonds. The van der Waals surface area contributed by atoms with E-state index in [0.717, 1.165) is 12.8 Å². The molecule has 0 aromatic heterocycles. The number of nitrogens with one attached hydrogen (secondary N) is 1. The molecule has 1 aromatic carbocycles. The first-order chi connectivity index (χ1) is 7.89. The van der Waals surface area contributed by atoms with E-state index in [4.69, 9.17) is 11.6 Å². The summed E-state index contributed by atoms with van der Waals surface area (Å²) in [6, 6.07) is 7.22. The molecule has 1 atom stereocenters. The molecule has 0 aliphatic heterocycles. The maximum absolute atomic E-state index is 11.5. The van der Waals surface area contributed by atoms with E-state index >= 15 is 0 Å². The lowest BCUT2D eigenvalue weighted by molar-refractivity contribution is -0.144. The SMILES string of the molecule is CC1(C(C)(Nc2ccccc2Cl)C(=O)O)CC1. The summed E-state index contributed by atoms with van der Waals surface area (Å²) in [5, 5.41) is 13.1. The second-order valence-corrected chi connectivity index (χ2v) is 5.50. The van der Waals surface area contributed by atoms with Gasteiger partial charge in [0.1, 0.15) is 5.54 Å². The van der Waals surface area contributed by atoms with Gasteiger partial charge >= 0.3 is 5.97 Å². The second kappa shape index (κ2) is 3.91. The van der Waals surface area contributed by atoms with Gasteiger partial charge in [-0.25, -0.2) is 4.79 Å². The highest BCUT2D eigenvalue weighted by atomic mass is 35.5. The van der Waals surface area contributed by atoms with Crippen molar-refractivity contribution >= 4 is 23.3 Å². The number of para-hydroxylation sites is 1. The lowest BCUT2D eigenvalue weighted by Gasteiger charge is -2.34. The molecular formula is C13H16ClNO2. The van der Waals surface area contributed by atoms with Crippen LogP contribution >= 0.6 is 11.6 Å². The zero-order valence-electron chi connectivity index (χ0n) is 9.96. The van der Waals surface area contributed by atoms with E-state index in [1.165, 1.54) is 0 Å². The van der Waals surface area contributed by atoms with Crippen LogP contribution in [0, 0.1) is 5.41 Å². The molecule has 0 heterocycles. The van der Waals surface area contributed by atoms with E-state index in [1.54, 1.807) is 19.1 Å². The highest BCUT2D eigenvalue weighted by Gasteiger charge is 2.58. The third-order valence-corrected chi connectivity index (χ3v) is 4.22. The molecule has 1 saturated carbocycles. The van der Waals surface area contributed by atoms with E-state index in [0.29, 0.717) is 10.7 Å². The topological polar surface area (TPSA) is 49.3 Å². The zero-order chi connectivity index (χ0) is 12.7. The van der Waals surface area contributed by atoms with Crippen molar-refractivity contribution in [1.29, 1.82) is 0 Å². The van der Waals surface area contributed by atoms with Gasteiger partial charge in [-0.3, -0.25) is 0 Å². The van der Waals surface area contributed by atoms with E-state index in [2.05, 4.69) is 5.32 Å². The zero-order valence-corrected chi connectivity index (χ0v) is 10.7. The van der Waals surface area contributed by atoms with Gasteiger partial charge in [0.05, 0.1) is 10.7 Å². The van der Waals surface area contributed by atoms with Gasteiger partial charge in [0.25, 0.3) is 0 Å². The summed E-state index contributed by atoms with van der Waals surface area (Å²) in [4.78, 5) is 11.5. The van der Waals surface area contributed by atoms with Crippen LogP contribution in [0.4, 0.5) is 5.69 Å². The largest absolute Gasteiger partial charge is 0.479 e. The van der Waals surface area contributed by atoms with Crippen LogP contribution in [-0.2, 0) is 4.79 Å². The molecule has 0 spiro atoms. The minimum atomic E-state index is -0.974. The molecule has 4 heteroatoms. The van der Waals surface area contributed by atoms with Crippen LogP contribution in [-0.4, -0.2) is 16.6 Å². The number of halogens is 1. The van der Waals surface area contributed by atoms with Crippen molar-refractivity contribution in [2.45, 2.75) is 32.2 Å². The standard InChI is InChI=1S/C13H16ClNO2/c1-12(7-8-12)13(2,11(16)17)15-10-6-4-3-5-9(10)14/h3-6,15H,7-8H2,1-2H3,(H,16,17). The molecule has 17 heavy (non-hydrogen) atoms. The fourth-order valence-corrected chi connectivity index (χ4v) is 2.16. The molecule has 0 bridgehead atoms. The van der Waals surface area contributed by atoms with Gasteiger partial charge in [-0.1, -0.05) is 30.7 Å². The normalized spacial score (nSPS) is 20.4. The molecule has 1 aliphatic rings. The summed E-state index contributed by atoms with van der Waals surface area (Å²) >= 11 is 6.05. The summed E-state index contributed by atoms with van der Waals surface area (Å²) < 4.78 is 0. The summed E-state index contributed by atoms with van der Waals surface area (Å²) in [5.74, 6) is -0.836. The Morgan fingerprint density at radius 2 is 2.06 bits per heavy atom. The highest BCUT2D eigenvalue weighted by molar-refractivity contribution is 6.33. The predicted octanol–water partition coefficient (Wildman–Crippen LogP) is 3.40. The van der Waals surface area contributed by atoms with Crippen molar-refractivity contribution in [2.24, 2.45) is 5.41 Å². The average molecular weight is 254 g/mol. The Balaban J connectivity index is 2.32. The molecule has 0 saturated heterocycles. The van der Waals surface area contributed by atoms with E-state index < -0.39 is 11.5 Å². The maximum Gasteiger partial charge on any atom is 0.329 e. The molecule has 1 aromatic rings. The van der Waals surface area contributed by atoms with Gasteiger partial charge in [-0.15, -0.1) is 0 Å². The first-order valence-electron chi connectivity index (χ1n) is 5.65. The van der Waals surface area contributed by atoms with Crippen LogP contribution in [0.5, 0.6) is 0 Å². The van der Waals surface area contributed by atoms with E-state index in [9.17, 15) is 9.90 Å². The number of carboxylic acid groups (broad SMARTS) is 1. The Hall–Kier alpha value is -1.22. The lowest BCUT2D eigenvalue weighted by Crippen LogP contribution is -2.50. The maximum atomic E-state index is 11.5. The predicted molar refractivity (Wildman–Crippen MR) is 68.5 cm³/mol. The molecule has 0 radical (unpaired) electrons.